The molecule has 0 bridgehead atoms. The normalized spacial score (nSPS) is 26.3. The van der Waals surface area contributed by atoms with Crippen molar-refractivity contribution < 1.29 is 4.79 Å². The van der Waals surface area contributed by atoms with Crippen LogP contribution < -0.4 is 10.6 Å². The fraction of sp³-hybridized carbons (Fsp3) is 0.917. The molecule has 0 radical (unpaired) electrons. The minimum absolute atomic E-state index is 0.112. The Morgan fingerprint density at radius 3 is 2.87 bits per heavy atom. The van der Waals surface area contributed by atoms with Gasteiger partial charge >= 0.3 is 0 Å². The molecule has 0 aromatic rings. The Balaban J connectivity index is 2.06. The third-order valence-corrected chi connectivity index (χ3v) is 3.26. The Morgan fingerprint density at radius 2 is 2.20 bits per heavy atom. The number of hydrogen-bond donors (Lipinski definition) is 2. The summed E-state index contributed by atoms with van der Waals surface area (Å²) in [5.74, 6) is 1.83. The number of amides is 1. The van der Waals surface area contributed by atoms with Gasteiger partial charge in [0.15, 0.2) is 0 Å². The summed E-state index contributed by atoms with van der Waals surface area (Å²) in [4.78, 5) is 11.2. The van der Waals surface area contributed by atoms with E-state index in [0.29, 0.717) is 6.54 Å². The molecule has 3 heteroatoms. The number of nitrogens with one attached hydrogen (secondary N) is 2. The Labute approximate surface area is 93.0 Å². The van der Waals surface area contributed by atoms with Crippen molar-refractivity contribution in [1.29, 1.82) is 0 Å². The number of hydrogen-bond acceptors (Lipinski definition) is 2. The van der Waals surface area contributed by atoms with Crippen molar-refractivity contribution in [2.75, 3.05) is 20.1 Å². The Bertz CT molecular complexity index is 194. The summed E-state index contributed by atoms with van der Waals surface area (Å²) in [5, 5.41) is 5.80. The summed E-state index contributed by atoms with van der Waals surface area (Å²) < 4.78 is 0. The summed E-state index contributed by atoms with van der Waals surface area (Å²) in [6.07, 6.45) is 6.62. The van der Waals surface area contributed by atoms with Crippen molar-refractivity contribution in [3.05, 3.63) is 0 Å². The predicted octanol–water partition coefficient (Wildman–Crippen LogP) is 1.54. The van der Waals surface area contributed by atoms with Crippen molar-refractivity contribution in [2.24, 2.45) is 11.8 Å². The second-order valence-corrected chi connectivity index (χ2v) is 4.81. The molecule has 1 saturated carbocycles. The maximum Gasteiger partial charge on any atom is 0.233 e. The molecule has 2 N–H and O–H groups in total. The van der Waals surface area contributed by atoms with Crippen LogP contribution in [-0.2, 0) is 4.79 Å². The first kappa shape index (κ1) is 12.5. The fourth-order valence-electron chi connectivity index (χ4n) is 2.46. The van der Waals surface area contributed by atoms with E-state index in [1.807, 2.05) is 0 Å². The molecule has 2 unspecified atom stereocenters. The topological polar surface area (TPSA) is 41.1 Å². The van der Waals surface area contributed by atoms with Crippen LogP contribution in [0.4, 0.5) is 0 Å². The first-order valence-electron chi connectivity index (χ1n) is 6.13. The lowest BCUT2D eigenvalue weighted by atomic mass is 9.81. The maximum atomic E-state index is 11.2. The molecule has 3 nitrogen and oxygen atoms in total. The molecule has 0 aliphatic heterocycles. The van der Waals surface area contributed by atoms with Crippen molar-refractivity contribution in [1.82, 2.24) is 10.6 Å². The first-order chi connectivity index (χ1) is 7.22. The zero-order valence-electron chi connectivity index (χ0n) is 10.0. The molecule has 2 atom stereocenters. The molecule has 1 fully saturated rings. The molecule has 1 aliphatic rings. The van der Waals surface area contributed by atoms with Crippen molar-refractivity contribution in [2.45, 2.75) is 39.0 Å². The van der Waals surface area contributed by atoms with Gasteiger partial charge in [-0.25, -0.2) is 0 Å². The van der Waals surface area contributed by atoms with Crippen LogP contribution in [-0.4, -0.2) is 26.0 Å². The van der Waals surface area contributed by atoms with E-state index < -0.39 is 0 Å². The first-order valence-corrected chi connectivity index (χ1v) is 6.13. The van der Waals surface area contributed by atoms with Gasteiger partial charge < -0.3 is 10.6 Å². The molecule has 1 amide bonds. The summed E-state index contributed by atoms with van der Waals surface area (Å²) in [5.41, 5.74) is 0. The van der Waals surface area contributed by atoms with Crippen LogP contribution >= 0.6 is 0 Å². The largest absolute Gasteiger partial charge is 0.355 e. The third-order valence-electron chi connectivity index (χ3n) is 3.26. The van der Waals surface area contributed by atoms with Crippen LogP contribution in [0, 0.1) is 11.8 Å². The van der Waals surface area contributed by atoms with Crippen LogP contribution in [0.3, 0.4) is 0 Å². The Morgan fingerprint density at radius 1 is 1.40 bits per heavy atom. The molecule has 0 aromatic carbocycles. The van der Waals surface area contributed by atoms with Gasteiger partial charge in [0.2, 0.25) is 5.91 Å². The van der Waals surface area contributed by atoms with Gasteiger partial charge in [-0.3, -0.25) is 4.79 Å². The van der Waals surface area contributed by atoms with Gasteiger partial charge in [0, 0.05) is 6.54 Å². The highest BCUT2D eigenvalue weighted by atomic mass is 16.1. The molecule has 1 aliphatic carbocycles. The SMILES string of the molecule is CNCC(=O)NCCC1CCCC(C)C1. The van der Waals surface area contributed by atoms with E-state index in [0.717, 1.165) is 24.8 Å². The average molecular weight is 212 g/mol. The van der Waals surface area contributed by atoms with E-state index in [-0.39, 0.29) is 5.91 Å². The third kappa shape index (κ3) is 5.17. The molecule has 0 aromatic heterocycles. The van der Waals surface area contributed by atoms with Crippen LogP contribution in [0.1, 0.15) is 39.0 Å². The average Bonchev–Trinajstić information content (AvgIpc) is 2.18. The van der Waals surface area contributed by atoms with E-state index >= 15 is 0 Å². The minimum Gasteiger partial charge on any atom is -0.355 e. The number of rotatable bonds is 5. The lowest BCUT2D eigenvalue weighted by molar-refractivity contribution is -0.120. The van der Waals surface area contributed by atoms with Crippen LogP contribution in [0.2, 0.25) is 0 Å². The monoisotopic (exact) mass is 212 g/mol. The molecule has 15 heavy (non-hydrogen) atoms. The number of likely N-dealkylation sites (N-methyl/N-ethyl adjacent to an activating group) is 1. The Kier molecular flexibility index (Phi) is 5.69. The summed E-state index contributed by atoms with van der Waals surface area (Å²) in [6, 6.07) is 0. The van der Waals surface area contributed by atoms with E-state index in [9.17, 15) is 4.79 Å². The predicted molar refractivity (Wildman–Crippen MR) is 62.7 cm³/mol. The quantitative estimate of drug-likeness (QED) is 0.726. The van der Waals surface area contributed by atoms with Crippen molar-refractivity contribution >= 4 is 5.91 Å². The fourth-order valence-corrected chi connectivity index (χ4v) is 2.46. The summed E-state index contributed by atoms with van der Waals surface area (Å²) in [6.45, 7) is 3.62. The highest BCUT2D eigenvalue weighted by Gasteiger charge is 2.18. The highest BCUT2D eigenvalue weighted by Crippen LogP contribution is 2.30. The van der Waals surface area contributed by atoms with Gasteiger partial charge in [-0.1, -0.05) is 26.2 Å². The zero-order valence-corrected chi connectivity index (χ0v) is 10.0. The van der Waals surface area contributed by atoms with Crippen molar-refractivity contribution in [3.8, 4) is 0 Å². The molecule has 0 heterocycles. The molecular formula is C12H24N2O. The van der Waals surface area contributed by atoms with Gasteiger partial charge in [-0.15, -0.1) is 0 Å². The number of carbonyl (C=O) groups is 1. The van der Waals surface area contributed by atoms with Gasteiger partial charge in [-0.2, -0.15) is 0 Å². The molecule has 0 saturated heterocycles. The van der Waals surface area contributed by atoms with Crippen LogP contribution in [0.15, 0.2) is 0 Å². The van der Waals surface area contributed by atoms with Gasteiger partial charge in [-0.05, 0) is 31.7 Å². The summed E-state index contributed by atoms with van der Waals surface area (Å²) in [7, 11) is 1.79. The standard InChI is InChI=1S/C12H24N2O/c1-10-4-3-5-11(8-10)6-7-14-12(15)9-13-2/h10-11,13H,3-9H2,1-2H3,(H,14,15). The molecule has 0 spiro atoms. The smallest absolute Gasteiger partial charge is 0.233 e. The zero-order chi connectivity index (χ0) is 11.1. The number of carbonyl (C=O) groups excluding carboxylic acids is 1. The van der Waals surface area contributed by atoms with E-state index in [1.165, 1.54) is 25.7 Å². The van der Waals surface area contributed by atoms with Crippen LogP contribution in [0.25, 0.3) is 0 Å². The molecule has 88 valence electrons. The second-order valence-electron chi connectivity index (χ2n) is 4.81. The maximum absolute atomic E-state index is 11.2. The van der Waals surface area contributed by atoms with Crippen LogP contribution in [0.5, 0.6) is 0 Å². The lowest BCUT2D eigenvalue weighted by Gasteiger charge is -2.26. The molecular weight excluding hydrogens is 188 g/mol. The van der Waals surface area contributed by atoms with E-state index in [4.69, 9.17) is 0 Å². The van der Waals surface area contributed by atoms with Gasteiger partial charge in [0.05, 0.1) is 6.54 Å². The molecule has 1 rings (SSSR count). The second kappa shape index (κ2) is 6.83. The van der Waals surface area contributed by atoms with E-state index in [2.05, 4.69) is 17.6 Å². The highest BCUT2D eigenvalue weighted by molar-refractivity contribution is 5.77. The lowest BCUT2D eigenvalue weighted by Crippen LogP contribution is -2.33. The van der Waals surface area contributed by atoms with Gasteiger partial charge in [0.25, 0.3) is 0 Å². The van der Waals surface area contributed by atoms with E-state index in [1.54, 1.807) is 7.05 Å². The minimum atomic E-state index is 0.112. The Hall–Kier alpha value is -0.570. The summed E-state index contributed by atoms with van der Waals surface area (Å²) >= 11 is 0. The van der Waals surface area contributed by atoms with Crippen molar-refractivity contribution in [3.63, 3.8) is 0 Å². The van der Waals surface area contributed by atoms with Gasteiger partial charge in [0.1, 0.15) is 0 Å².